The van der Waals surface area contributed by atoms with Crippen molar-refractivity contribution < 1.29 is 4.39 Å². The summed E-state index contributed by atoms with van der Waals surface area (Å²) in [6, 6.07) is 6.86. The van der Waals surface area contributed by atoms with Crippen LogP contribution < -0.4 is 5.56 Å². The topological polar surface area (TPSA) is 47.8 Å². The molecule has 0 aliphatic heterocycles. The van der Waals surface area contributed by atoms with Crippen LogP contribution in [0.1, 0.15) is 29.9 Å². The fraction of sp³-hybridized carbons (Fsp3) is 0.278. The van der Waals surface area contributed by atoms with Crippen molar-refractivity contribution >= 4 is 38.7 Å². The van der Waals surface area contributed by atoms with Crippen LogP contribution in [-0.4, -0.2) is 20.8 Å². The number of pyridine rings is 1. The van der Waals surface area contributed by atoms with E-state index in [1.807, 2.05) is 12.3 Å². The maximum Gasteiger partial charge on any atom is 0.266 e. The van der Waals surface area contributed by atoms with Gasteiger partial charge in [0.15, 0.2) is 5.16 Å². The minimum atomic E-state index is -0.274. The molecule has 1 aliphatic rings. The number of fused-ring (bicyclic) bond motifs is 1. The van der Waals surface area contributed by atoms with Crippen LogP contribution >= 0.6 is 27.7 Å². The quantitative estimate of drug-likeness (QED) is 0.466. The van der Waals surface area contributed by atoms with E-state index in [4.69, 9.17) is 0 Å². The van der Waals surface area contributed by atoms with Crippen LogP contribution in [0.4, 0.5) is 4.39 Å². The average Bonchev–Trinajstić information content (AvgIpc) is 3.44. The van der Waals surface area contributed by atoms with Crippen LogP contribution in [0.25, 0.3) is 11.0 Å². The number of rotatable bonds is 4. The molecule has 25 heavy (non-hydrogen) atoms. The Morgan fingerprint density at radius 3 is 2.92 bits per heavy atom. The van der Waals surface area contributed by atoms with Gasteiger partial charge in [-0.05, 0) is 58.6 Å². The zero-order valence-electron chi connectivity index (χ0n) is 13.5. The van der Waals surface area contributed by atoms with Gasteiger partial charge in [-0.2, -0.15) is 0 Å². The monoisotopic (exact) mass is 419 g/mol. The van der Waals surface area contributed by atoms with Gasteiger partial charge >= 0.3 is 0 Å². The van der Waals surface area contributed by atoms with Gasteiger partial charge < -0.3 is 0 Å². The first-order valence-electron chi connectivity index (χ1n) is 7.96. The second-order valence-electron chi connectivity index (χ2n) is 6.10. The molecule has 0 bridgehead atoms. The van der Waals surface area contributed by atoms with Crippen molar-refractivity contribution in [2.24, 2.45) is 0 Å². The molecule has 128 valence electrons. The van der Waals surface area contributed by atoms with Crippen molar-refractivity contribution in [3.63, 3.8) is 0 Å². The first-order chi connectivity index (χ1) is 12.1. The van der Waals surface area contributed by atoms with Gasteiger partial charge in [0, 0.05) is 17.1 Å². The number of hydrogen-bond acceptors (Lipinski definition) is 4. The van der Waals surface area contributed by atoms with E-state index in [2.05, 4.69) is 25.9 Å². The maximum atomic E-state index is 14.5. The predicted octanol–water partition coefficient (Wildman–Crippen LogP) is 4.34. The summed E-state index contributed by atoms with van der Waals surface area (Å²) in [5.41, 5.74) is 1.88. The van der Waals surface area contributed by atoms with E-state index >= 15 is 0 Å². The van der Waals surface area contributed by atoms with E-state index in [0.29, 0.717) is 26.8 Å². The Kier molecular flexibility index (Phi) is 4.37. The van der Waals surface area contributed by atoms with Gasteiger partial charge in [-0.25, -0.2) is 14.4 Å². The predicted molar refractivity (Wildman–Crippen MR) is 101 cm³/mol. The fourth-order valence-electron chi connectivity index (χ4n) is 3.03. The Labute approximate surface area is 156 Å². The van der Waals surface area contributed by atoms with Crippen LogP contribution in [0, 0.1) is 5.82 Å². The van der Waals surface area contributed by atoms with Gasteiger partial charge in [0.05, 0.1) is 11.0 Å². The molecule has 2 heterocycles. The number of benzene rings is 1. The second kappa shape index (κ2) is 6.53. The molecule has 4 rings (SSSR count). The molecule has 4 nitrogen and oxygen atoms in total. The number of nitrogens with zero attached hydrogens (tertiary/aromatic N) is 3. The molecule has 0 radical (unpaired) electrons. The maximum absolute atomic E-state index is 14.5. The number of aromatic nitrogens is 3. The Morgan fingerprint density at radius 2 is 2.20 bits per heavy atom. The zero-order valence-corrected chi connectivity index (χ0v) is 15.9. The van der Waals surface area contributed by atoms with Crippen molar-refractivity contribution in [2.45, 2.75) is 30.5 Å². The second-order valence-corrected chi connectivity index (χ2v) is 7.73. The van der Waals surface area contributed by atoms with Gasteiger partial charge in [0.2, 0.25) is 0 Å². The summed E-state index contributed by atoms with van der Waals surface area (Å²) in [5, 5.41) is 1.33. The lowest BCUT2D eigenvalue weighted by Gasteiger charge is -2.14. The minimum Gasteiger partial charge on any atom is -0.287 e. The third kappa shape index (κ3) is 3.11. The lowest BCUT2D eigenvalue weighted by molar-refractivity contribution is 0.593. The standard InChI is InChI=1S/C18H15BrFN3OS/c1-25-18-21-8-11-7-14(19)17(24)23(16(11)22-18)9-13-12(10-5-6-10)3-2-4-15(13)20/h2-4,7-8,10H,5-6,9H2,1H3. The zero-order chi connectivity index (χ0) is 17.6. The van der Waals surface area contributed by atoms with Crippen molar-refractivity contribution in [3.05, 3.63) is 62.2 Å². The Morgan fingerprint density at radius 1 is 1.40 bits per heavy atom. The molecule has 0 N–H and O–H groups in total. The minimum absolute atomic E-state index is 0.165. The highest BCUT2D eigenvalue weighted by atomic mass is 79.9. The number of hydrogen-bond donors (Lipinski definition) is 0. The van der Waals surface area contributed by atoms with E-state index in [9.17, 15) is 9.18 Å². The molecular weight excluding hydrogens is 405 g/mol. The molecule has 1 aliphatic carbocycles. The van der Waals surface area contributed by atoms with Gasteiger partial charge in [0.25, 0.3) is 5.56 Å². The molecular formula is C18H15BrFN3OS. The highest BCUT2D eigenvalue weighted by molar-refractivity contribution is 9.10. The van der Waals surface area contributed by atoms with E-state index in [1.165, 1.54) is 22.4 Å². The molecule has 0 atom stereocenters. The smallest absolute Gasteiger partial charge is 0.266 e. The molecule has 1 fully saturated rings. The lowest BCUT2D eigenvalue weighted by Crippen LogP contribution is -2.23. The first kappa shape index (κ1) is 16.7. The van der Waals surface area contributed by atoms with Crippen LogP contribution in [0.5, 0.6) is 0 Å². The Hall–Kier alpha value is -1.73. The molecule has 1 saturated carbocycles. The van der Waals surface area contributed by atoms with E-state index in [-0.39, 0.29) is 17.9 Å². The lowest BCUT2D eigenvalue weighted by atomic mass is 10.0. The molecule has 1 aromatic carbocycles. The summed E-state index contributed by atoms with van der Waals surface area (Å²) in [6.45, 7) is 0.165. The largest absolute Gasteiger partial charge is 0.287 e. The van der Waals surface area contributed by atoms with E-state index in [1.54, 1.807) is 18.3 Å². The number of thioether (sulfide) groups is 1. The number of halogens is 2. The SMILES string of the molecule is CSc1ncc2cc(Br)c(=O)n(Cc3c(F)cccc3C3CC3)c2n1. The van der Waals surface area contributed by atoms with E-state index in [0.717, 1.165) is 23.8 Å². The molecule has 0 spiro atoms. The molecule has 2 aromatic heterocycles. The highest BCUT2D eigenvalue weighted by Crippen LogP contribution is 2.42. The van der Waals surface area contributed by atoms with Crippen molar-refractivity contribution in [1.29, 1.82) is 0 Å². The summed E-state index contributed by atoms with van der Waals surface area (Å²) >= 11 is 4.71. The Balaban J connectivity index is 1.92. The van der Waals surface area contributed by atoms with Crippen LogP contribution in [0.15, 0.2) is 44.9 Å². The molecule has 0 saturated heterocycles. The first-order valence-corrected chi connectivity index (χ1v) is 9.97. The van der Waals surface area contributed by atoms with Gasteiger partial charge in [-0.15, -0.1) is 0 Å². The van der Waals surface area contributed by atoms with Crippen LogP contribution in [-0.2, 0) is 6.54 Å². The molecule has 0 unspecified atom stereocenters. The van der Waals surface area contributed by atoms with Crippen molar-refractivity contribution in [3.8, 4) is 0 Å². The van der Waals surface area contributed by atoms with Gasteiger partial charge in [-0.1, -0.05) is 23.9 Å². The summed E-state index contributed by atoms with van der Waals surface area (Å²) in [6.07, 6.45) is 5.72. The molecule has 7 heteroatoms. The molecule has 0 amide bonds. The van der Waals surface area contributed by atoms with E-state index < -0.39 is 0 Å². The third-order valence-electron chi connectivity index (χ3n) is 4.43. The summed E-state index contributed by atoms with van der Waals surface area (Å²) in [4.78, 5) is 21.5. The van der Waals surface area contributed by atoms with Crippen LogP contribution in [0.3, 0.4) is 0 Å². The molecule has 3 aromatic rings. The van der Waals surface area contributed by atoms with Gasteiger partial charge in [-0.3, -0.25) is 9.36 Å². The Bertz CT molecular complexity index is 1030. The van der Waals surface area contributed by atoms with Crippen molar-refractivity contribution in [2.75, 3.05) is 6.26 Å². The fourth-order valence-corrected chi connectivity index (χ4v) is 3.83. The van der Waals surface area contributed by atoms with Crippen molar-refractivity contribution in [1.82, 2.24) is 14.5 Å². The normalized spacial score (nSPS) is 14.2. The summed E-state index contributed by atoms with van der Waals surface area (Å²) < 4.78 is 16.5. The van der Waals surface area contributed by atoms with Gasteiger partial charge in [0.1, 0.15) is 11.5 Å². The third-order valence-corrected chi connectivity index (χ3v) is 5.56. The van der Waals surface area contributed by atoms with Crippen LogP contribution in [0.2, 0.25) is 0 Å². The average molecular weight is 420 g/mol. The summed E-state index contributed by atoms with van der Waals surface area (Å²) in [7, 11) is 0. The highest BCUT2D eigenvalue weighted by Gasteiger charge is 2.27. The summed E-state index contributed by atoms with van der Waals surface area (Å²) in [5.74, 6) is 0.125.